The Hall–Kier alpha value is -1.10. The number of nitrogens with one attached hydrogen (secondary N) is 1. The highest BCUT2D eigenvalue weighted by atomic mass is 16.6. The highest BCUT2D eigenvalue weighted by Crippen LogP contribution is 2.38. The van der Waals surface area contributed by atoms with Crippen molar-refractivity contribution in [2.45, 2.75) is 57.7 Å². The molecule has 0 radical (unpaired) electrons. The summed E-state index contributed by atoms with van der Waals surface area (Å²) in [4.78, 5) is 23.2. The highest BCUT2D eigenvalue weighted by Gasteiger charge is 2.46. The molecule has 1 saturated heterocycles. The summed E-state index contributed by atoms with van der Waals surface area (Å²) in [6.07, 6.45) is 4.64. The average molecular weight is 268 g/mol. The van der Waals surface area contributed by atoms with Gasteiger partial charge in [0, 0.05) is 18.4 Å². The van der Waals surface area contributed by atoms with E-state index in [9.17, 15) is 9.59 Å². The number of rotatable bonds is 6. The molecule has 19 heavy (non-hydrogen) atoms. The van der Waals surface area contributed by atoms with Crippen LogP contribution in [0.2, 0.25) is 0 Å². The van der Waals surface area contributed by atoms with E-state index in [-0.39, 0.29) is 29.3 Å². The lowest BCUT2D eigenvalue weighted by atomic mass is 9.94. The number of amides is 2. The molecule has 5 nitrogen and oxygen atoms in total. The number of ether oxygens (including phenoxy) is 1. The molecule has 2 rings (SSSR count). The van der Waals surface area contributed by atoms with Crippen molar-refractivity contribution in [3.63, 3.8) is 0 Å². The van der Waals surface area contributed by atoms with Crippen molar-refractivity contribution in [3.05, 3.63) is 0 Å². The van der Waals surface area contributed by atoms with Crippen molar-refractivity contribution in [1.29, 1.82) is 0 Å². The third-order valence-electron chi connectivity index (χ3n) is 4.32. The van der Waals surface area contributed by atoms with Gasteiger partial charge in [-0.1, -0.05) is 6.42 Å². The first-order valence-electron chi connectivity index (χ1n) is 7.16. The van der Waals surface area contributed by atoms with E-state index >= 15 is 0 Å². The summed E-state index contributed by atoms with van der Waals surface area (Å²) in [5, 5.41) is 2.92. The van der Waals surface area contributed by atoms with Crippen LogP contribution in [0.15, 0.2) is 0 Å². The van der Waals surface area contributed by atoms with Gasteiger partial charge < -0.3 is 15.8 Å². The van der Waals surface area contributed by atoms with Crippen molar-refractivity contribution < 1.29 is 14.3 Å². The molecule has 0 aromatic rings. The van der Waals surface area contributed by atoms with Crippen LogP contribution in [0.25, 0.3) is 0 Å². The molecular formula is C14H24N2O3. The molecule has 1 saturated carbocycles. The van der Waals surface area contributed by atoms with Gasteiger partial charge in [0.05, 0.1) is 11.7 Å². The summed E-state index contributed by atoms with van der Waals surface area (Å²) >= 11 is 0. The maximum Gasteiger partial charge on any atom is 0.223 e. The van der Waals surface area contributed by atoms with Gasteiger partial charge in [0.25, 0.3) is 0 Å². The number of primary amides is 1. The van der Waals surface area contributed by atoms with Gasteiger partial charge >= 0.3 is 0 Å². The first kappa shape index (κ1) is 14.3. The van der Waals surface area contributed by atoms with Crippen molar-refractivity contribution in [3.8, 4) is 0 Å². The van der Waals surface area contributed by atoms with Crippen LogP contribution in [0.4, 0.5) is 0 Å². The highest BCUT2D eigenvalue weighted by molar-refractivity contribution is 5.87. The largest absolute Gasteiger partial charge is 0.369 e. The predicted octanol–water partition coefficient (Wildman–Crippen LogP) is 0.962. The van der Waals surface area contributed by atoms with Crippen LogP contribution in [0, 0.1) is 11.8 Å². The van der Waals surface area contributed by atoms with Gasteiger partial charge in [-0.3, -0.25) is 9.59 Å². The Morgan fingerprint density at radius 3 is 2.53 bits per heavy atom. The van der Waals surface area contributed by atoms with Gasteiger partial charge in [-0.25, -0.2) is 0 Å². The molecule has 2 fully saturated rings. The van der Waals surface area contributed by atoms with Crippen molar-refractivity contribution >= 4 is 11.8 Å². The maximum absolute atomic E-state index is 12.0. The summed E-state index contributed by atoms with van der Waals surface area (Å²) in [7, 11) is 0. The van der Waals surface area contributed by atoms with Gasteiger partial charge in [0.1, 0.15) is 0 Å². The molecule has 108 valence electrons. The first-order valence-corrected chi connectivity index (χ1v) is 7.16. The van der Waals surface area contributed by atoms with E-state index in [0.717, 1.165) is 32.1 Å². The molecule has 1 aliphatic heterocycles. The van der Waals surface area contributed by atoms with Crippen molar-refractivity contribution in [2.24, 2.45) is 17.6 Å². The van der Waals surface area contributed by atoms with Gasteiger partial charge in [-0.05, 0) is 39.5 Å². The molecule has 1 aliphatic carbocycles. The second-order valence-corrected chi connectivity index (χ2v) is 6.19. The summed E-state index contributed by atoms with van der Waals surface area (Å²) in [5.41, 5.74) is 5.34. The lowest BCUT2D eigenvalue weighted by Crippen LogP contribution is -2.38. The summed E-state index contributed by atoms with van der Waals surface area (Å²) in [5.74, 6) is -0.847. The Morgan fingerprint density at radius 2 is 1.95 bits per heavy atom. The predicted molar refractivity (Wildman–Crippen MR) is 71.2 cm³/mol. The van der Waals surface area contributed by atoms with Crippen LogP contribution in [0.5, 0.6) is 0 Å². The number of epoxide rings is 1. The quantitative estimate of drug-likeness (QED) is 0.556. The molecule has 3 unspecified atom stereocenters. The minimum absolute atomic E-state index is 0.0164. The Kier molecular flexibility index (Phi) is 4.13. The molecule has 5 heteroatoms. The fourth-order valence-corrected chi connectivity index (χ4v) is 2.98. The van der Waals surface area contributed by atoms with Crippen molar-refractivity contribution in [1.82, 2.24) is 5.32 Å². The number of carbonyl (C=O) groups is 2. The zero-order valence-electron chi connectivity index (χ0n) is 11.8. The number of hydrogen-bond donors (Lipinski definition) is 2. The SMILES string of the molecule is CC1(C)OC1CCCNC(=O)C1CCCC1C(N)=O. The van der Waals surface area contributed by atoms with Gasteiger partial charge in [-0.2, -0.15) is 0 Å². The van der Waals surface area contributed by atoms with E-state index in [1.165, 1.54) is 0 Å². The van der Waals surface area contributed by atoms with Gasteiger partial charge in [0.2, 0.25) is 11.8 Å². The second-order valence-electron chi connectivity index (χ2n) is 6.19. The third kappa shape index (κ3) is 3.47. The second kappa shape index (κ2) is 5.49. The van der Waals surface area contributed by atoms with Crippen LogP contribution in [0.3, 0.4) is 0 Å². The Balaban J connectivity index is 1.65. The molecule has 3 N–H and O–H groups in total. The zero-order chi connectivity index (χ0) is 14.0. The lowest BCUT2D eigenvalue weighted by Gasteiger charge is -2.16. The molecule has 0 spiro atoms. The monoisotopic (exact) mass is 268 g/mol. The van der Waals surface area contributed by atoms with E-state index in [1.54, 1.807) is 0 Å². The molecule has 2 aliphatic rings. The molecule has 0 bridgehead atoms. The minimum atomic E-state index is -0.342. The van der Waals surface area contributed by atoms with Crippen LogP contribution in [-0.2, 0) is 14.3 Å². The molecule has 3 atom stereocenters. The van der Waals surface area contributed by atoms with Crippen molar-refractivity contribution in [2.75, 3.05) is 6.54 Å². The molecular weight excluding hydrogens is 244 g/mol. The topological polar surface area (TPSA) is 84.7 Å². The van der Waals surface area contributed by atoms with Crippen LogP contribution >= 0.6 is 0 Å². The van der Waals surface area contributed by atoms with E-state index < -0.39 is 0 Å². The van der Waals surface area contributed by atoms with Crippen LogP contribution < -0.4 is 11.1 Å². The number of carbonyl (C=O) groups excluding carboxylic acids is 2. The Labute approximate surface area is 114 Å². The number of nitrogens with two attached hydrogens (primary N) is 1. The summed E-state index contributed by atoms with van der Waals surface area (Å²) in [6.45, 7) is 4.80. The smallest absolute Gasteiger partial charge is 0.223 e. The standard InChI is InChI=1S/C14H24N2O3/c1-14(2)11(19-14)7-4-8-16-13(18)10-6-3-5-9(10)12(15)17/h9-11H,3-8H2,1-2H3,(H2,15,17)(H,16,18). The molecule has 0 aromatic carbocycles. The Bertz CT molecular complexity index is 368. The van der Waals surface area contributed by atoms with E-state index in [4.69, 9.17) is 10.5 Å². The van der Waals surface area contributed by atoms with E-state index in [0.29, 0.717) is 12.6 Å². The van der Waals surface area contributed by atoms with E-state index in [2.05, 4.69) is 19.2 Å². The fraction of sp³-hybridized carbons (Fsp3) is 0.857. The summed E-state index contributed by atoms with van der Waals surface area (Å²) in [6, 6.07) is 0. The molecule has 2 amide bonds. The van der Waals surface area contributed by atoms with Gasteiger partial charge in [-0.15, -0.1) is 0 Å². The minimum Gasteiger partial charge on any atom is -0.369 e. The van der Waals surface area contributed by atoms with Crippen LogP contribution in [0.1, 0.15) is 46.0 Å². The Morgan fingerprint density at radius 1 is 1.32 bits per heavy atom. The zero-order valence-corrected chi connectivity index (χ0v) is 11.8. The lowest BCUT2D eigenvalue weighted by molar-refractivity contribution is -0.132. The van der Waals surface area contributed by atoms with Gasteiger partial charge in [0.15, 0.2) is 0 Å². The molecule has 0 aromatic heterocycles. The average Bonchev–Trinajstić information content (AvgIpc) is 2.80. The summed E-state index contributed by atoms with van der Waals surface area (Å²) < 4.78 is 5.49. The molecule has 1 heterocycles. The fourth-order valence-electron chi connectivity index (χ4n) is 2.98. The first-order chi connectivity index (χ1) is 8.92. The third-order valence-corrected chi connectivity index (χ3v) is 4.32. The van der Waals surface area contributed by atoms with Crippen LogP contribution in [-0.4, -0.2) is 30.1 Å². The number of hydrogen-bond acceptors (Lipinski definition) is 3. The van der Waals surface area contributed by atoms with E-state index in [1.807, 2.05) is 0 Å². The maximum atomic E-state index is 12.0. The normalized spacial score (nSPS) is 32.0.